The highest BCUT2D eigenvalue weighted by atomic mass is 35.5. The fraction of sp³-hybridized carbons (Fsp3) is 0.526. The standard InChI is InChI=1S/C19H25ClN4O3/c1-12-10-14(13(2)27-12)17(25)23-8-6-22(7-9-23)15-11-21-24(19(3,4)5)18(26)16(15)20/h10-11H,6-9H2,1-5H3. The first-order valence-electron chi connectivity index (χ1n) is 8.99. The number of nitrogens with zero attached hydrogens (tertiary/aromatic N) is 4. The molecular formula is C19H25ClN4O3. The summed E-state index contributed by atoms with van der Waals surface area (Å²) in [6, 6.07) is 1.77. The van der Waals surface area contributed by atoms with Gasteiger partial charge in [-0.25, -0.2) is 4.68 Å². The fourth-order valence-electron chi connectivity index (χ4n) is 3.29. The van der Waals surface area contributed by atoms with Crippen LogP contribution in [0.5, 0.6) is 0 Å². The van der Waals surface area contributed by atoms with Gasteiger partial charge in [-0.1, -0.05) is 11.6 Å². The maximum atomic E-state index is 12.7. The highest BCUT2D eigenvalue weighted by Gasteiger charge is 2.27. The van der Waals surface area contributed by atoms with Crippen molar-refractivity contribution in [1.29, 1.82) is 0 Å². The van der Waals surface area contributed by atoms with E-state index in [2.05, 4.69) is 5.10 Å². The molecule has 0 radical (unpaired) electrons. The lowest BCUT2D eigenvalue weighted by Gasteiger charge is -2.36. The molecule has 0 unspecified atom stereocenters. The highest BCUT2D eigenvalue weighted by molar-refractivity contribution is 6.33. The van der Waals surface area contributed by atoms with Crippen molar-refractivity contribution in [2.75, 3.05) is 31.1 Å². The summed E-state index contributed by atoms with van der Waals surface area (Å²) in [6.07, 6.45) is 1.63. The second-order valence-corrected chi connectivity index (χ2v) is 8.22. The molecule has 1 amide bonds. The van der Waals surface area contributed by atoms with E-state index in [9.17, 15) is 9.59 Å². The lowest BCUT2D eigenvalue weighted by atomic mass is 10.1. The summed E-state index contributed by atoms with van der Waals surface area (Å²) in [5.41, 5.74) is 0.480. The molecule has 2 aromatic heterocycles. The number of amides is 1. The SMILES string of the molecule is Cc1cc(C(=O)N2CCN(c3cnn(C(C)(C)C)c(=O)c3Cl)CC2)c(C)o1. The molecule has 1 fully saturated rings. The number of hydrogen-bond donors (Lipinski definition) is 0. The first kappa shape index (κ1) is 19.5. The van der Waals surface area contributed by atoms with Crippen LogP contribution < -0.4 is 10.5 Å². The van der Waals surface area contributed by atoms with E-state index in [1.54, 1.807) is 24.1 Å². The average Bonchev–Trinajstić information content (AvgIpc) is 2.94. The van der Waals surface area contributed by atoms with Crippen molar-refractivity contribution in [2.24, 2.45) is 0 Å². The Balaban J connectivity index is 1.75. The van der Waals surface area contributed by atoms with Gasteiger partial charge in [-0.2, -0.15) is 5.10 Å². The normalized spacial score (nSPS) is 15.3. The Bertz CT molecular complexity index is 918. The smallest absolute Gasteiger partial charge is 0.288 e. The molecule has 0 spiro atoms. The third kappa shape index (κ3) is 3.74. The molecule has 1 aliphatic heterocycles. The Hall–Kier alpha value is -2.28. The minimum Gasteiger partial charge on any atom is -0.466 e. The van der Waals surface area contributed by atoms with Gasteiger partial charge >= 0.3 is 0 Å². The van der Waals surface area contributed by atoms with Crippen LogP contribution in [0.1, 0.15) is 42.6 Å². The highest BCUT2D eigenvalue weighted by Crippen LogP contribution is 2.24. The molecule has 0 aliphatic carbocycles. The van der Waals surface area contributed by atoms with Crippen LogP contribution in [0.3, 0.4) is 0 Å². The molecule has 0 aromatic carbocycles. The minimum absolute atomic E-state index is 0.0311. The van der Waals surface area contributed by atoms with Crippen molar-refractivity contribution < 1.29 is 9.21 Å². The van der Waals surface area contributed by atoms with Gasteiger partial charge in [0.05, 0.1) is 23.0 Å². The Morgan fingerprint density at radius 1 is 1.19 bits per heavy atom. The summed E-state index contributed by atoms with van der Waals surface area (Å²) in [7, 11) is 0. The van der Waals surface area contributed by atoms with E-state index in [1.807, 2.05) is 32.6 Å². The number of piperazine rings is 1. The minimum atomic E-state index is -0.440. The van der Waals surface area contributed by atoms with Crippen molar-refractivity contribution in [2.45, 2.75) is 40.2 Å². The molecule has 27 heavy (non-hydrogen) atoms. The molecule has 7 nitrogen and oxygen atoms in total. The number of carbonyl (C=O) groups excluding carboxylic acids is 1. The van der Waals surface area contributed by atoms with E-state index in [1.165, 1.54) is 4.68 Å². The molecule has 1 saturated heterocycles. The van der Waals surface area contributed by atoms with E-state index in [4.69, 9.17) is 16.0 Å². The molecule has 3 rings (SSSR count). The van der Waals surface area contributed by atoms with E-state index < -0.39 is 5.54 Å². The predicted octanol–water partition coefficient (Wildman–Crippen LogP) is 2.82. The summed E-state index contributed by atoms with van der Waals surface area (Å²) in [4.78, 5) is 29.1. The monoisotopic (exact) mass is 392 g/mol. The van der Waals surface area contributed by atoms with Gasteiger partial charge in [-0.15, -0.1) is 0 Å². The number of aryl methyl sites for hydroxylation is 2. The van der Waals surface area contributed by atoms with Crippen LogP contribution in [0, 0.1) is 13.8 Å². The van der Waals surface area contributed by atoms with Crippen LogP contribution in [0.15, 0.2) is 21.5 Å². The molecule has 3 heterocycles. The predicted molar refractivity (Wildman–Crippen MR) is 105 cm³/mol. The first-order valence-corrected chi connectivity index (χ1v) is 9.37. The Morgan fingerprint density at radius 3 is 2.33 bits per heavy atom. The number of furan rings is 1. The van der Waals surface area contributed by atoms with Crippen LogP contribution in [-0.2, 0) is 5.54 Å². The second-order valence-electron chi connectivity index (χ2n) is 7.84. The van der Waals surface area contributed by atoms with E-state index >= 15 is 0 Å². The van der Waals surface area contributed by atoms with Gasteiger partial charge in [-0.3, -0.25) is 9.59 Å². The van der Waals surface area contributed by atoms with E-state index in [0.717, 1.165) is 5.76 Å². The fourth-order valence-corrected chi connectivity index (χ4v) is 3.53. The number of rotatable bonds is 2. The third-order valence-electron chi connectivity index (χ3n) is 4.71. The van der Waals surface area contributed by atoms with Crippen molar-refractivity contribution in [3.8, 4) is 0 Å². The number of hydrogen-bond acceptors (Lipinski definition) is 5. The van der Waals surface area contributed by atoms with Crippen LogP contribution in [0.25, 0.3) is 0 Å². The zero-order valence-electron chi connectivity index (χ0n) is 16.4. The number of anilines is 1. The second kappa shape index (κ2) is 7.03. The molecule has 0 atom stereocenters. The van der Waals surface area contributed by atoms with Crippen LogP contribution in [0.4, 0.5) is 5.69 Å². The van der Waals surface area contributed by atoms with Crippen LogP contribution in [0.2, 0.25) is 5.02 Å². The van der Waals surface area contributed by atoms with Gasteiger partial charge in [0.2, 0.25) is 0 Å². The molecule has 0 N–H and O–H groups in total. The summed E-state index contributed by atoms with van der Waals surface area (Å²) in [5, 5.41) is 4.45. The van der Waals surface area contributed by atoms with Gasteiger partial charge in [0.1, 0.15) is 16.5 Å². The Morgan fingerprint density at radius 2 is 1.81 bits per heavy atom. The number of aromatic nitrogens is 2. The summed E-state index contributed by atoms with van der Waals surface area (Å²) in [5.74, 6) is 1.33. The summed E-state index contributed by atoms with van der Waals surface area (Å²) >= 11 is 6.35. The topological polar surface area (TPSA) is 71.6 Å². The first-order chi connectivity index (χ1) is 12.6. The van der Waals surface area contributed by atoms with Gasteiger partial charge < -0.3 is 14.2 Å². The largest absolute Gasteiger partial charge is 0.466 e. The maximum Gasteiger partial charge on any atom is 0.288 e. The van der Waals surface area contributed by atoms with Crippen molar-refractivity contribution in [1.82, 2.24) is 14.7 Å². The maximum absolute atomic E-state index is 12.7. The number of carbonyl (C=O) groups is 1. The van der Waals surface area contributed by atoms with Gasteiger partial charge in [0.15, 0.2) is 0 Å². The van der Waals surface area contributed by atoms with E-state index in [0.29, 0.717) is 43.2 Å². The van der Waals surface area contributed by atoms with E-state index in [-0.39, 0.29) is 16.5 Å². The molecular weight excluding hydrogens is 368 g/mol. The zero-order chi connectivity index (χ0) is 19.9. The third-order valence-corrected chi connectivity index (χ3v) is 5.07. The molecule has 8 heteroatoms. The Labute approximate surface area is 163 Å². The summed E-state index contributed by atoms with van der Waals surface area (Å²) < 4.78 is 6.86. The van der Waals surface area contributed by atoms with Gasteiger partial charge in [-0.05, 0) is 40.7 Å². The molecule has 146 valence electrons. The average molecular weight is 393 g/mol. The summed E-state index contributed by atoms with van der Waals surface area (Å²) in [6.45, 7) is 11.6. The van der Waals surface area contributed by atoms with Gasteiger partial charge in [0.25, 0.3) is 11.5 Å². The Kier molecular flexibility index (Phi) is 5.08. The lowest BCUT2D eigenvalue weighted by molar-refractivity contribution is 0.0745. The van der Waals surface area contributed by atoms with Crippen molar-refractivity contribution in [3.05, 3.63) is 44.7 Å². The zero-order valence-corrected chi connectivity index (χ0v) is 17.1. The lowest BCUT2D eigenvalue weighted by Crippen LogP contribution is -2.49. The van der Waals surface area contributed by atoms with Crippen LogP contribution in [-0.4, -0.2) is 46.8 Å². The van der Waals surface area contributed by atoms with Crippen molar-refractivity contribution in [3.63, 3.8) is 0 Å². The number of halogens is 1. The molecule has 0 bridgehead atoms. The van der Waals surface area contributed by atoms with Crippen LogP contribution >= 0.6 is 11.6 Å². The molecule has 2 aromatic rings. The molecule has 0 saturated carbocycles. The molecule has 1 aliphatic rings. The quantitative estimate of drug-likeness (QED) is 0.785. The van der Waals surface area contributed by atoms with Gasteiger partial charge in [0, 0.05) is 26.2 Å². The van der Waals surface area contributed by atoms with Crippen molar-refractivity contribution >= 4 is 23.2 Å².